The van der Waals surface area contributed by atoms with E-state index in [2.05, 4.69) is 223 Å². The molecule has 4 nitrogen and oxygen atoms in total. The number of nitrogens with zero attached hydrogens (tertiary/aromatic N) is 4. The van der Waals surface area contributed by atoms with Gasteiger partial charge in [0.1, 0.15) is 5.82 Å². The van der Waals surface area contributed by atoms with E-state index in [1.54, 1.807) is 0 Å². The summed E-state index contributed by atoms with van der Waals surface area (Å²) in [5.74, 6) is 0.896. The molecule has 0 aliphatic carbocycles. The number of hydrogen-bond donors (Lipinski definition) is 0. The summed E-state index contributed by atoms with van der Waals surface area (Å²) in [6.45, 7) is 4.71. The van der Waals surface area contributed by atoms with E-state index >= 15 is 0 Å². The van der Waals surface area contributed by atoms with Crippen LogP contribution in [-0.4, -0.2) is 9.97 Å². The lowest BCUT2D eigenvalue weighted by Crippen LogP contribution is -2.31. The molecule has 4 heteroatoms. The first-order valence-electron chi connectivity index (χ1n) is 20.9. The minimum atomic E-state index is -0.285. The van der Waals surface area contributed by atoms with Gasteiger partial charge in [-0.2, -0.15) is 0 Å². The van der Waals surface area contributed by atoms with Gasteiger partial charge in [0.25, 0.3) is 0 Å². The highest BCUT2D eigenvalue weighted by Gasteiger charge is 2.38. The molecule has 2 aromatic heterocycles. The molecule has 0 radical (unpaired) electrons. The number of para-hydroxylation sites is 2. The van der Waals surface area contributed by atoms with Crippen molar-refractivity contribution >= 4 is 55.8 Å². The quantitative estimate of drug-likeness (QED) is 0.151. The normalized spacial score (nSPS) is 12.9. The molecule has 11 rings (SSSR count). The summed E-state index contributed by atoms with van der Waals surface area (Å²) in [5, 5.41) is 4.76. The summed E-state index contributed by atoms with van der Waals surface area (Å²) in [6.07, 6.45) is 1.85. The zero-order chi connectivity index (χ0) is 40.9. The van der Waals surface area contributed by atoms with Gasteiger partial charge >= 0.3 is 0 Å². The molecule has 3 heterocycles. The molecule has 0 saturated heterocycles. The Labute approximate surface area is 356 Å². The lowest BCUT2D eigenvalue weighted by Gasteiger charge is -2.42. The molecule has 0 amide bonds. The summed E-state index contributed by atoms with van der Waals surface area (Å²) >= 11 is 0. The monoisotopic (exact) mass is 782 g/mol. The van der Waals surface area contributed by atoms with Gasteiger partial charge in [-0.1, -0.05) is 159 Å². The zero-order valence-electron chi connectivity index (χ0n) is 34.1. The van der Waals surface area contributed by atoms with Crippen molar-refractivity contribution in [2.24, 2.45) is 0 Å². The van der Waals surface area contributed by atoms with Gasteiger partial charge in [-0.3, -0.25) is 9.88 Å². The third-order valence-electron chi connectivity index (χ3n) is 12.3. The highest BCUT2D eigenvalue weighted by molar-refractivity contribution is 6.22. The van der Waals surface area contributed by atoms with Crippen molar-refractivity contribution < 1.29 is 0 Å². The van der Waals surface area contributed by atoms with Crippen LogP contribution >= 0.6 is 0 Å². The molecule has 1 aliphatic rings. The molecular formula is C57H42N4. The van der Waals surface area contributed by atoms with Crippen molar-refractivity contribution in [3.63, 3.8) is 0 Å². The Morgan fingerprint density at radius 1 is 0.426 bits per heavy atom. The van der Waals surface area contributed by atoms with Crippen molar-refractivity contribution in [1.29, 1.82) is 0 Å². The Hall–Kier alpha value is -7.82. The Bertz CT molecular complexity index is 3160. The Kier molecular flexibility index (Phi) is 8.79. The average Bonchev–Trinajstić information content (AvgIpc) is 3.33. The summed E-state index contributed by atoms with van der Waals surface area (Å²) in [7, 11) is 0. The lowest BCUT2D eigenvalue weighted by molar-refractivity contribution is 0.631. The van der Waals surface area contributed by atoms with Crippen molar-refractivity contribution in [1.82, 2.24) is 9.97 Å². The fourth-order valence-electron chi connectivity index (χ4n) is 9.38. The maximum Gasteiger partial charge on any atom is 0.138 e. The van der Waals surface area contributed by atoms with Crippen molar-refractivity contribution in [3.8, 4) is 33.6 Å². The Balaban J connectivity index is 1.12. The van der Waals surface area contributed by atoms with Crippen LogP contribution in [0, 0.1) is 0 Å². The van der Waals surface area contributed by atoms with Crippen molar-refractivity contribution in [3.05, 3.63) is 230 Å². The largest absolute Gasteiger partial charge is 0.309 e. The average molecular weight is 783 g/mol. The molecular weight excluding hydrogens is 741 g/mol. The van der Waals surface area contributed by atoms with Crippen molar-refractivity contribution in [2.45, 2.75) is 19.3 Å². The number of hydrogen-bond acceptors (Lipinski definition) is 4. The predicted molar refractivity (Wildman–Crippen MR) is 255 cm³/mol. The van der Waals surface area contributed by atoms with Crippen LogP contribution in [0.2, 0.25) is 0 Å². The molecule has 0 N–H and O–H groups in total. The molecule has 0 unspecified atom stereocenters. The van der Waals surface area contributed by atoms with E-state index in [0.717, 1.165) is 56.8 Å². The summed E-state index contributed by atoms with van der Waals surface area (Å²) in [4.78, 5) is 14.7. The molecule has 0 spiro atoms. The number of aromatic nitrogens is 2. The van der Waals surface area contributed by atoms with E-state index in [9.17, 15) is 0 Å². The van der Waals surface area contributed by atoms with Crippen LogP contribution in [-0.2, 0) is 5.41 Å². The highest BCUT2D eigenvalue weighted by atomic mass is 15.2. The minimum Gasteiger partial charge on any atom is -0.309 e. The first-order chi connectivity index (χ1) is 30.0. The van der Waals surface area contributed by atoms with E-state index in [1.165, 1.54) is 43.8 Å². The van der Waals surface area contributed by atoms with Gasteiger partial charge < -0.3 is 4.90 Å². The summed E-state index contributed by atoms with van der Waals surface area (Å²) in [5.41, 5.74) is 14.3. The third-order valence-corrected chi connectivity index (χ3v) is 12.3. The molecule has 0 fully saturated rings. The second-order valence-corrected chi connectivity index (χ2v) is 16.2. The van der Waals surface area contributed by atoms with Gasteiger partial charge in [0, 0.05) is 44.9 Å². The maximum absolute atomic E-state index is 5.29. The number of benzene rings is 8. The van der Waals surface area contributed by atoms with E-state index in [4.69, 9.17) is 4.98 Å². The van der Waals surface area contributed by atoms with Gasteiger partial charge in [0.2, 0.25) is 0 Å². The fourth-order valence-corrected chi connectivity index (χ4v) is 9.38. The second kappa shape index (κ2) is 14.8. The molecule has 0 bridgehead atoms. The van der Waals surface area contributed by atoms with Crippen LogP contribution in [0.1, 0.15) is 25.0 Å². The molecule has 10 aromatic rings. The van der Waals surface area contributed by atoms with E-state index in [0.29, 0.717) is 0 Å². The van der Waals surface area contributed by atoms with Crippen LogP contribution in [0.5, 0.6) is 0 Å². The standard InChI is InChI=1S/C57H42N4/c1-57(2)48-26-13-14-29-52(48)61(54-30-17-28-51(59-54)39-18-5-3-6-19-39)53-36-33-41(38-49(53)57)55-44-22-9-11-24-46(44)56(47-25-12-10-23-45(47)55)60(42-20-7-4-8-21-42)43-34-31-40(32-35-43)50-27-15-16-37-58-50/h3-38H,1-2H3. The zero-order valence-corrected chi connectivity index (χ0v) is 34.1. The molecule has 61 heavy (non-hydrogen) atoms. The van der Waals surface area contributed by atoms with Gasteiger partial charge in [-0.15, -0.1) is 0 Å². The highest BCUT2D eigenvalue weighted by Crippen LogP contribution is 2.54. The lowest BCUT2D eigenvalue weighted by atomic mass is 9.72. The summed E-state index contributed by atoms with van der Waals surface area (Å²) < 4.78 is 0. The number of anilines is 6. The van der Waals surface area contributed by atoms with Crippen LogP contribution < -0.4 is 9.80 Å². The first-order valence-corrected chi connectivity index (χ1v) is 20.9. The number of fused-ring (bicyclic) bond motifs is 4. The second-order valence-electron chi connectivity index (χ2n) is 16.2. The molecule has 290 valence electrons. The molecule has 8 aromatic carbocycles. The Morgan fingerprint density at radius 3 is 1.69 bits per heavy atom. The van der Waals surface area contributed by atoms with Gasteiger partial charge in [-0.05, 0) is 99.8 Å². The third kappa shape index (κ3) is 6.15. The molecule has 1 aliphatic heterocycles. The molecule has 0 saturated carbocycles. The number of pyridine rings is 2. The van der Waals surface area contributed by atoms with E-state index < -0.39 is 0 Å². The number of rotatable bonds is 7. The van der Waals surface area contributed by atoms with E-state index in [-0.39, 0.29) is 5.41 Å². The van der Waals surface area contributed by atoms with Crippen LogP contribution in [0.25, 0.3) is 55.2 Å². The fraction of sp³-hybridized carbons (Fsp3) is 0.0526. The van der Waals surface area contributed by atoms with Crippen LogP contribution in [0.15, 0.2) is 219 Å². The van der Waals surface area contributed by atoms with E-state index in [1.807, 2.05) is 24.4 Å². The minimum absolute atomic E-state index is 0.285. The molecule has 0 atom stereocenters. The van der Waals surface area contributed by atoms with Gasteiger partial charge in [0.05, 0.1) is 28.5 Å². The van der Waals surface area contributed by atoms with Gasteiger partial charge in [0.15, 0.2) is 0 Å². The SMILES string of the molecule is CC1(C)c2ccccc2N(c2cccc(-c3ccccc3)n2)c2ccc(-c3c4ccccc4c(N(c4ccccc4)c4ccc(-c5ccccn5)cc4)c4ccccc34)cc21. The smallest absolute Gasteiger partial charge is 0.138 e. The van der Waals surface area contributed by atoms with Crippen molar-refractivity contribution in [2.75, 3.05) is 9.80 Å². The van der Waals surface area contributed by atoms with Gasteiger partial charge in [-0.25, -0.2) is 4.98 Å². The topological polar surface area (TPSA) is 32.3 Å². The summed E-state index contributed by atoms with van der Waals surface area (Å²) in [6, 6.07) is 76.0. The Morgan fingerprint density at radius 2 is 0.984 bits per heavy atom. The van der Waals surface area contributed by atoms with Crippen LogP contribution in [0.4, 0.5) is 34.3 Å². The first kappa shape index (κ1) is 36.3. The maximum atomic E-state index is 5.29. The predicted octanol–water partition coefficient (Wildman–Crippen LogP) is 15.4. The van der Waals surface area contributed by atoms with Crippen LogP contribution in [0.3, 0.4) is 0 Å².